The van der Waals surface area contributed by atoms with Crippen LogP contribution >= 0.6 is 0 Å². The van der Waals surface area contributed by atoms with Crippen molar-refractivity contribution in [2.75, 3.05) is 6.54 Å². The molecule has 0 saturated carbocycles. The predicted octanol–water partition coefficient (Wildman–Crippen LogP) is 5.43. The number of allylic oxidation sites excluding steroid dienone is 2. The highest BCUT2D eigenvalue weighted by atomic mass is 16.3. The van der Waals surface area contributed by atoms with Crippen LogP contribution in [0.2, 0.25) is 0 Å². The fraction of sp³-hybridized carbons (Fsp3) is 0.0417. The van der Waals surface area contributed by atoms with Crippen LogP contribution in [0.1, 0.15) is 5.69 Å². The number of dihydropyridines is 1. The minimum Gasteiger partial charge on any atom is -0.464 e. The highest BCUT2D eigenvalue weighted by Crippen LogP contribution is 2.36. The Kier molecular flexibility index (Phi) is 3.20. The first-order valence-electron chi connectivity index (χ1n) is 9.37. The molecular formula is C24H17N3O. The molecule has 28 heavy (non-hydrogen) atoms. The second kappa shape index (κ2) is 5.86. The number of nitrogens with one attached hydrogen (secondary N) is 1. The zero-order valence-electron chi connectivity index (χ0n) is 15.1. The number of hydrogen-bond donors (Lipinski definition) is 1. The summed E-state index contributed by atoms with van der Waals surface area (Å²) in [7, 11) is 0. The molecule has 5 aromatic rings. The number of aromatic nitrogens is 2. The number of furan rings is 1. The van der Waals surface area contributed by atoms with Gasteiger partial charge >= 0.3 is 0 Å². The molecule has 2 aromatic carbocycles. The van der Waals surface area contributed by atoms with E-state index in [1.165, 1.54) is 5.39 Å². The van der Waals surface area contributed by atoms with Crippen molar-refractivity contribution in [2.45, 2.75) is 0 Å². The molecule has 1 aliphatic rings. The Bertz CT molecular complexity index is 1420. The van der Waals surface area contributed by atoms with Crippen LogP contribution in [-0.2, 0) is 0 Å². The van der Waals surface area contributed by atoms with E-state index in [1.54, 1.807) is 6.26 Å². The lowest BCUT2D eigenvalue weighted by molar-refractivity contribution is 0.619. The molecular weight excluding hydrogens is 346 g/mol. The van der Waals surface area contributed by atoms with Crippen molar-refractivity contribution >= 4 is 38.3 Å². The van der Waals surface area contributed by atoms with Crippen LogP contribution in [0, 0.1) is 0 Å². The first-order valence-corrected chi connectivity index (χ1v) is 9.37. The first kappa shape index (κ1) is 15.3. The minimum atomic E-state index is 0.823. The maximum atomic E-state index is 5.85. The van der Waals surface area contributed by atoms with Gasteiger partial charge in [-0.25, -0.2) is 4.98 Å². The molecule has 6 rings (SSSR count). The van der Waals surface area contributed by atoms with Gasteiger partial charge in [0.2, 0.25) is 0 Å². The summed E-state index contributed by atoms with van der Waals surface area (Å²) < 4.78 is 8.07. The van der Waals surface area contributed by atoms with E-state index in [-0.39, 0.29) is 0 Å². The quantitative estimate of drug-likeness (QED) is 0.455. The van der Waals surface area contributed by atoms with E-state index in [0.29, 0.717) is 0 Å². The summed E-state index contributed by atoms with van der Waals surface area (Å²) in [5.74, 6) is 0.905. The van der Waals surface area contributed by atoms with Gasteiger partial charge in [-0.2, -0.15) is 0 Å². The fourth-order valence-corrected chi connectivity index (χ4v) is 4.08. The van der Waals surface area contributed by atoms with Crippen LogP contribution in [-0.4, -0.2) is 16.1 Å². The lowest BCUT2D eigenvalue weighted by Crippen LogP contribution is -2.09. The average molecular weight is 363 g/mol. The monoisotopic (exact) mass is 363 g/mol. The van der Waals surface area contributed by atoms with Gasteiger partial charge in [-0.3, -0.25) is 4.57 Å². The van der Waals surface area contributed by atoms with Crippen molar-refractivity contribution in [1.82, 2.24) is 14.9 Å². The van der Waals surface area contributed by atoms with Crippen molar-refractivity contribution in [2.24, 2.45) is 0 Å². The van der Waals surface area contributed by atoms with Crippen LogP contribution in [0.4, 0.5) is 0 Å². The molecule has 0 bridgehead atoms. The normalized spacial score (nSPS) is 13.9. The van der Waals surface area contributed by atoms with Gasteiger partial charge in [-0.15, -0.1) is 0 Å². The second-order valence-electron chi connectivity index (χ2n) is 6.93. The van der Waals surface area contributed by atoms with Gasteiger partial charge in [0.15, 0.2) is 0 Å². The van der Waals surface area contributed by atoms with E-state index in [9.17, 15) is 0 Å². The molecule has 0 amide bonds. The molecule has 4 heterocycles. The van der Waals surface area contributed by atoms with E-state index < -0.39 is 0 Å². The van der Waals surface area contributed by atoms with Crippen LogP contribution in [0.25, 0.3) is 44.2 Å². The molecule has 0 fully saturated rings. The second-order valence-corrected chi connectivity index (χ2v) is 6.93. The summed E-state index contributed by atoms with van der Waals surface area (Å²) in [6.45, 7) is 0.823. The van der Waals surface area contributed by atoms with Gasteiger partial charge < -0.3 is 9.73 Å². The number of nitrogens with zero attached hydrogens (tertiary/aromatic N) is 2. The first-order chi connectivity index (χ1) is 13.9. The summed E-state index contributed by atoms with van der Waals surface area (Å²) in [6, 6.07) is 20.9. The maximum Gasteiger partial charge on any atom is 0.143 e. The molecule has 4 nitrogen and oxygen atoms in total. The summed E-state index contributed by atoms with van der Waals surface area (Å²) in [5, 5.41) is 6.61. The molecule has 0 unspecified atom stereocenters. The van der Waals surface area contributed by atoms with Crippen LogP contribution in [0.3, 0.4) is 0 Å². The van der Waals surface area contributed by atoms with Gasteiger partial charge in [0.1, 0.15) is 11.4 Å². The van der Waals surface area contributed by atoms with Crippen LogP contribution < -0.4 is 5.32 Å². The standard InChI is InChI=1S/C24H17N3O/c1-2-6-20-18(4-1)23-21(9-8-17-12-15-28-24(17)23)27(20)22-7-3-5-19(26-22)16-10-13-25-14-11-16/h1-13,15,25H,14H2. The molecule has 4 heteroatoms. The number of pyridine rings is 1. The van der Waals surface area contributed by atoms with Crippen LogP contribution in [0.5, 0.6) is 0 Å². The molecule has 0 saturated heterocycles. The third-order valence-corrected chi connectivity index (χ3v) is 5.33. The van der Waals surface area contributed by atoms with Crippen molar-refractivity contribution < 1.29 is 4.42 Å². The largest absolute Gasteiger partial charge is 0.464 e. The molecule has 0 spiro atoms. The van der Waals surface area contributed by atoms with E-state index in [4.69, 9.17) is 9.40 Å². The Labute approximate surface area is 161 Å². The van der Waals surface area contributed by atoms with Crippen molar-refractivity contribution in [3.8, 4) is 5.82 Å². The number of rotatable bonds is 2. The topological polar surface area (TPSA) is 43.0 Å². The maximum absolute atomic E-state index is 5.85. The van der Waals surface area contributed by atoms with E-state index >= 15 is 0 Å². The Balaban J connectivity index is 1.68. The number of para-hydroxylation sites is 1. The summed E-state index contributed by atoms with van der Waals surface area (Å²) in [4.78, 5) is 4.99. The van der Waals surface area contributed by atoms with Crippen molar-refractivity contribution in [3.63, 3.8) is 0 Å². The third-order valence-electron chi connectivity index (χ3n) is 5.33. The minimum absolute atomic E-state index is 0.823. The third kappa shape index (κ3) is 2.15. The van der Waals surface area contributed by atoms with Gasteiger partial charge in [-0.05, 0) is 54.2 Å². The molecule has 0 atom stereocenters. The summed E-state index contributed by atoms with van der Waals surface area (Å²) in [6.07, 6.45) is 7.95. The molecule has 3 aromatic heterocycles. The number of fused-ring (bicyclic) bond motifs is 5. The molecule has 134 valence electrons. The van der Waals surface area contributed by atoms with Gasteiger partial charge in [-0.1, -0.05) is 30.3 Å². The molecule has 1 aliphatic heterocycles. The molecule has 1 N–H and O–H groups in total. The van der Waals surface area contributed by atoms with E-state index in [2.05, 4.69) is 76.6 Å². The van der Waals surface area contributed by atoms with E-state index in [1.807, 2.05) is 12.3 Å². The van der Waals surface area contributed by atoms with Gasteiger partial charge in [0, 0.05) is 17.3 Å². The van der Waals surface area contributed by atoms with Crippen molar-refractivity contribution in [1.29, 1.82) is 0 Å². The van der Waals surface area contributed by atoms with E-state index in [0.717, 1.165) is 51.0 Å². The van der Waals surface area contributed by atoms with Gasteiger partial charge in [0.25, 0.3) is 0 Å². The smallest absolute Gasteiger partial charge is 0.143 e. The highest BCUT2D eigenvalue weighted by Gasteiger charge is 2.17. The average Bonchev–Trinajstić information content (AvgIpc) is 3.36. The lowest BCUT2D eigenvalue weighted by Gasteiger charge is -2.11. The molecule has 0 radical (unpaired) electrons. The van der Waals surface area contributed by atoms with Crippen LogP contribution in [0.15, 0.2) is 89.7 Å². The number of benzene rings is 2. The Morgan fingerprint density at radius 2 is 1.89 bits per heavy atom. The Morgan fingerprint density at radius 1 is 0.929 bits per heavy atom. The zero-order chi connectivity index (χ0) is 18.5. The predicted molar refractivity (Wildman–Crippen MR) is 113 cm³/mol. The van der Waals surface area contributed by atoms with Gasteiger partial charge in [0.05, 0.1) is 28.4 Å². The summed E-state index contributed by atoms with van der Waals surface area (Å²) in [5.41, 5.74) is 5.26. The zero-order valence-corrected chi connectivity index (χ0v) is 15.1. The fourth-order valence-electron chi connectivity index (χ4n) is 4.08. The molecule has 0 aliphatic carbocycles. The lowest BCUT2D eigenvalue weighted by atomic mass is 10.1. The highest BCUT2D eigenvalue weighted by molar-refractivity contribution is 6.19. The SMILES string of the molecule is C1=CC(c2cccc(-n3c4ccccc4c4c5occc5ccc43)n2)=CCN1. The van der Waals surface area contributed by atoms with Crippen molar-refractivity contribution in [3.05, 3.63) is 91.0 Å². The Hall–Kier alpha value is -3.79. The number of hydrogen-bond acceptors (Lipinski definition) is 3. The summed E-state index contributed by atoms with van der Waals surface area (Å²) >= 11 is 0. The Morgan fingerprint density at radius 3 is 2.82 bits per heavy atom.